The first-order valence-corrected chi connectivity index (χ1v) is 12.5. The molecule has 1 aromatic heterocycles. The molecule has 3 rings (SSSR count). The number of esters is 1. The Balaban J connectivity index is 1.98. The van der Waals surface area contributed by atoms with Crippen LogP contribution in [0, 0.1) is 0 Å². The van der Waals surface area contributed by atoms with Crippen molar-refractivity contribution in [1.29, 1.82) is 0 Å². The number of hydrogen-bond donors (Lipinski definition) is 1. The second-order valence-corrected chi connectivity index (χ2v) is 10.4. The van der Waals surface area contributed by atoms with Crippen LogP contribution in [0.4, 0.5) is 4.79 Å². The lowest BCUT2D eigenvalue weighted by molar-refractivity contribution is -0.160. The van der Waals surface area contributed by atoms with E-state index in [1.54, 1.807) is 59.1 Å². The Bertz CT molecular complexity index is 1250. The van der Waals surface area contributed by atoms with Crippen LogP contribution < -0.4 is 0 Å². The molecule has 1 N–H and O–H groups in total. The molecule has 206 valence electrons. The third kappa shape index (κ3) is 6.85. The average molecular weight is 527 g/mol. The van der Waals surface area contributed by atoms with Crippen LogP contribution >= 0.6 is 0 Å². The zero-order valence-electron chi connectivity index (χ0n) is 23.0. The van der Waals surface area contributed by atoms with E-state index in [1.807, 2.05) is 35.0 Å². The minimum Gasteiger partial charge on any atom is -0.508 e. The lowest BCUT2D eigenvalue weighted by atomic mass is 9.91. The fraction of sp³-hybridized carbons (Fsp3) is 0.448. The van der Waals surface area contributed by atoms with E-state index in [0.717, 1.165) is 16.5 Å². The molecule has 0 bridgehead atoms. The van der Waals surface area contributed by atoms with Crippen molar-refractivity contribution < 1.29 is 33.6 Å². The van der Waals surface area contributed by atoms with Crippen molar-refractivity contribution in [3.05, 3.63) is 65.9 Å². The van der Waals surface area contributed by atoms with Crippen molar-refractivity contribution in [3.8, 4) is 5.75 Å². The van der Waals surface area contributed by atoms with E-state index in [-0.39, 0.29) is 25.5 Å². The normalized spacial score (nSPS) is 13.2. The Morgan fingerprint density at radius 2 is 1.63 bits per heavy atom. The Morgan fingerprint density at radius 1 is 0.947 bits per heavy atom. The van der Waals surface area contributed by atoms with Crippen molar-refractivity contribution in [2.45, 2.75) is 58.4 Å². The number of rotatable bonds is 11. The van der Waals surface area contributed by atoms with E-state index >= 15 is 0 Å². The maximum atomic E-state index is 13.8. The highest BCUT2D eigenvalue weighted by molar-refractivity contribution is 5.89. The Morgan fingerprint density at radius 3 is 2.29 bits per heavy atom. The van der Waals surface area contributed by atoms with Crippen LogP contribution in [0.25, 0.3) is 10.9 Å². The van der Waals surface area contributed by atoms with Crippen LogP contribution in [0.15, 0.2) is 54.7 Å². The molecule has 0 radical (unpaired) electrons. The molecular formula is C29H38N2O7. The number of aromatic nitrogens is 1. The van der Waals surface area contributed by atoms with Gasteiger partial charge in [-0.15, -0.1) is 0 Å². The van der Waals surface area contributed by atoms with Crippen LogP contribution in [0.3, 0.4) is 0 Å². The van der Waals surface area contributed by atoms with Gasteiger partial charge in [0.25, 0.3) is 0 Å². The van der Waals surface area contributed by atoms with Crippen molar-refractivity contribution in [2.24, 2.45) is 0 Å². The molecule has 9 nitrogen and oxygen atoms in total. The SMILES string of the molecule is COCN(C(=O)OC(C)(C)C)[C@@](C)(Cc1cn(COC)c2ccccc12)C(=O)OCCc1ccccc1O. The Kier molecular flexibility index (Phi) is 9.40. The van der Waals surface area contributed by atoms with Gasteiger partial charge in [0.05, 0.1) is 12.1 Å². The molecule has 0 saturated heterocycles. The molecule has 2 aromatic carbocycles. The van der Waals surface area contributed by atoms with Crippen molar-refractivity contribution >= 4 is 23.0 Å². The summed E-state index contributed by atoms with van der Waals surface area (Å²) in [6.45, 7) is 7.10. The summed E-state index contributed by atoms with van der Waals surface area (Å²) in [5.41, 5.74) is 0.176. The van der Waals surface area contributed by atoms with Crippen LogP contribution in [0.5, 0.6) is 5.75 Å². The van der Waals surface area contributed by atoms with Gasteiger partial charge in [0, 0.05) is 38.6 Å². The number of hydrogen-bond acceptors (Lipinski definition) is 7. The minimum absolute atomic E-state index is 0.0204. The summed E-state index contributed by atoms with van der Waals surface area (Å²) in [5.74, 6) is -0.480. The maximum absolute atomic E-state index is 13.8. The van der Waals surface area contributed by atoms with E-state index in [0.29, 0.717) is 18.7 Å². The molecule has 0 saturated carbocycles. The van der Waals surface area contributed by atoms with Gasteiger partial charge in [-0.2, -0.15) is 0 Å². The standard InChI is InChI=1S/C29H38N2O7/c1-28(2,3)38-27(34)31(20-36-6)29(4,26(33)37-16-15-21-11-7-10-14-25(21)32)17-22-18-30(19-35-5)24-13-9-8-12-23(22)24/h7-14,18,32H,15-17,19-20H2,1-6H3/t29-/m0/s1. The number of benzene rings is 2. The summed E-state index contributed by atoms with van der Waals surface area (Å²) in [6.07, 6.45) is 1.68. The first-order chi connectivity index (χ1) is 18.0. The van der Waals surface area contributed by atoms with E-state index in [9.17, 15) is 14.7 Å². The van der Waals surface area contributed by atoms with E-state index in [1.165, 1.54) is 12.0 Å². The van der Waals surface area contributed by atoms with Crippen molar-refractivity contribution in [1.82, 2.24) is 9.47 Å². The number of carbonyl (C=O) groups is 2. The molecule has 0 fully saturated rings. The van der Waals surface area contributed by atoms with Crippen molar-refractivity contribution in [2.75, 3.05) is 27.6 Å². The smallest absolute Gasteiger partial charge is 0.413 e. The number of nitrogens with zero attached hydrogens (tertiary/aromatic N) is 2. The van der Waals surface area contributed by atoms with E-state index < -0.39 is 23.2 Å². The average Bonchev–Trinajstić information content (AvgIpc) is 3.19. The summed E-state index contributed by atoms with van der Waals surface area (Å²) >= 11 is 0. The zero-order valence-corrected chi connectivity index (χ0v) is 23.0. The number of phenols is 1. The number of para-hydroxylation sites is 2. The van der Waals surface area contributed by atoms with Gasteiger partial charge in [-0.05, 0) is 51.0 Å². The summed E-state index contributed by atoms with van der Waals surface area (Å²) in [6, 6.07) is 14.7. The number of amides is 1. The second-order valence-electron chi connectivity index (χ2n) is 10.4. The Hall–Kier alpha value is -3.56. The highest BCUT2D eigenvalue weighted by Gasteiger charge is 2.46. The fourth-order valence-corrected chi connectivity index (χ4v) is 4.33. The number of fused-ring (bicyclic) bond motifs is 1. The number of phenolic OH excluding ortho intramolecular Hbond substituents is 1. The number of ether oxygens (including phenoxy) is 4. The molecule has 0 aliphatic carbocycles. The number of aromatic hydroxyl groups is 1. The maximum Gasteiger partial charge on any atom is 0.413 e. The fourth-order valence-electron chi connectivity index (χ4n) is 4.33. The molecule has 9 heteroatoms. The molecule has 3 aromatic rings. The van der Waals surface area contributed by atoms with Gasteiger partial charge in [0.2, 0.25) is 0 Å². The van der Waals surface area contributed by atoms with E-state index in [4.69, 9.17) is 18.9 Å². The van der Waals surface area contributed by atoms with Crippen LogP contribution in [0.2, 0.25) is 0 Å². The largest absolute Gasteiger partial charge is 0.508 e. The third-order valence-corrected chi connectivity index (χ3v) is 6.18. The van der Waals surface area contributed by atoms with Gasteiger partial charge in [-0.1, -0.05) is 36.4 Å². The predicted molar refractivity (Wildman–Crippen MR) is 144 cm³/mol. The van der Waals surface area contributed by atoms with Gasteiger partial charge in [-0.25, -0.2) is 9.59 Å². The molecule has 1 atom stereocenters. The molecule has 38 heavy (non-hydrogen) atoms. The highest BCUT2D eigenvalue weighted by Crippen LogP contribution is 2.31. The van der Waals surface area contributed by atoms with Gasteiger partial charge in [0.1, 0.15) is 30.4 Å². The summed E-state index contributed by atoms with van der Waals surface area (Å²) in [7, 11) is 3.06. The second kappa shape index (κ2) is 12.3. The first-order valence-electron chi connectivity index (χ1n) is 12.5. The van der Waals surface area contributed by atoms with Gasteiger partial charge in [-0.3, -0.25) is 4.90 Å². The number of carbonyl (C=O) groups excluding carboxylic acids is 2. The molecule has 1 heterocycles. The first kappa shape index (κ1) is 29.0. The molecule has 0 aliphatic heterocycles. The molecular weight excluding hydrogens is 488 g/mol. The summed E-state index contributed by atoms with van der Waals surface area (Å²) in [4.78, 5) is 28.4. The van der Waals surface area contributed by atoms with Crippen LogP contribution in [0.1, 0.15) is 38.8 Å². The zero-order chi connectivity index (χ0) is 27.9. The highest BCUT2D eigenvalue weighted by atomic mass is 16.6. The molecule has 0 spiro atoms. The lowest BCUT2D eigenvalue weighted by Gasteiger charge is -2.39. The van der Waals surface area contributed by atoms with E-state index in [2.05, 4.69) is 0 Å². The molecule has 0 aliphatic rings. The van der Waals surface area contributed by atoms with Gasteiger partial charge in [0.15, 0.2) is 0 Å². The summed E-state index contributed by atoms with van der Waals surface area (Å²) < 4.78 is 24.0. The molecule has 0 unspecified atom stereocenters. The minimum atomic E-state index is -1.47. The lowest BCUT2D eigenvalue weighted by Crippen LogP contribution is -2.58. The van der Waals surface area contributed by atoms with Gasteiger partial charge >= 0.3 is 12.1 Å². The van der Waals surface area contributed by atoms with Crippen LogP contribution in [-0.2, 0) is 43.3 Å². The summed E-state index contributed by atoms with van der Waals surface area (Å²) in [5, 5.41) is 11.0. The monoisotopic (exact) mass is 526 g/mol. The molecule has 1 amide bonds. The topological polar surface area (TPSA) is 99.5 Å². The Labute approximate surface area is 223 Å². The quantitative estimate of drug-likeness (QED) is 0.281. The number of methoxy groups -OCH3 is 2. The van der Waals surface area contributed by atoms with Gasteiger partial charge < -0.3 is 28.6 Å². The third-order valence-electron chi connectivity index (χ3n) is 6.18. The van der Waals surface area contributed by atoms with Crippen LogP contribution in [-0.4, -0.2) is 65.3 Å². The predicted octanol–water partition coefficient (Wildman–Crippen LogP) is 4.88. The van der Waals surface area contributed by atoms with Crippen molar-refractivity contribution in [3.63, 3.8) is 0 Å².